The predicted molar refractivity (Wildman–Crippen MR) is 68.3 cm³/mol. The van der Waals surface area contributed by atoms with Gasteiger partial charge in [0.15, 0.2) is 0 Å². The summed E-state index contributed by atoms with van der Waals surface area (Å²) in [5, 5.41) is 19.4. The van der Waals surface area contributed by atoms with Crippen LogP contribution in [0, 0.1) is 5.92 Å². The van der Waals surface area contributed by atoms with E-state index in [-0.39, 0.29) is 17.9 Å². The molecule has 0 saturated heterocycles. The first-order chi connectivity index (χ1) is 8.70. The number of carbonyl (C=O) groups excluding carboxylic acids is 1. The lowest BCUT2D eigenvalue weighted by atomic mass is 10.1. The third-order valence-corrected chi connectivity index (χ3v) is 3.53. The number of aliphatic hydroxyl groups excluding tert-OH is 1. The van der Waals surface area contributed by atoms with Crippen LogP contribution in [0.1, 0.15) is 48.8 Å². The van der Waals surface area contributed by atoms with Crippen molar-refractivity contribution in [1.29, 1.82) is 0 Å². The van der Waals surface area contributed by atoms with Crippen LogP contribution in [0.3, 0.4) is 0 Å². The Labute approximate surface area is 107 Å². The van der Waals surface area contributed by atoms with E-state index in [1.165, 1.54) is 0 Å². The van der Waals surface area contributed by atoms with Gasteiger partial charge in [-0.05, 0) is 25.3 Å². The molecule has 2 atom stereocenters. The molecule has 1 aliphatic rings. The average Bonchev–Trinajstić information content (AvgIpc) is 2.96. The highest BCUT2D eigenvalue weighted by Gasteiger charge is 2.25. The maximum Gasteiger partial charge on any atom is 0.271 e. The molecule has 5 heteroatoms. The van der Waals surface area contributed by atoms with Gasteiger partial charge in [-0.2, -0.15) is 5.10 Å². The maximum atomic E-state index is 11.9. The van der Waals surface area contributed by atoms with E-state index in [0.717, 1.165) is 37.8 Å². The zero-order chi connectivity index (χ0) is 13.0. The number of aromatic nitrogens is 2. The second-order valence-corrected chi connectivity index (χ2v) is 5.00. The molecule has 1 aliphatic carbocycles. The number of amides is 1. The third kappa shape index (κ3) is 3.10. The van der Waals surface area contributed by atoms with Crippen molar-refractivity contribution in [3.8, 4) is 0 Å². The van der Waals surface area contributed by atoms with Crippen LogP contribution in [-0.2, 0) is 6.42 Å². The van der Waals surface area contributed by atoms with Gasteiger partial charge in [-0.3, -0.25) is 9.89 Å². The molecule has 1 saturated carbocycles. The Morgan fingerprint density at radius 1 is 1.61 bits per heavy atom. The van der Waals surface area contributed by atoms with Crippen molar-refractivity contribution in [3.63, 3.8) is 0 Å². The number of aliphatic hydroxyl groups is 1. The van der Waals surface area contributed by atoms with Crippen molar-refractivity contribution < 1.29 is 9.90 Å². The molecule has 2 unspecified atom stereocenters. The number of aryl methyl sites for hydroxylation is 1. The first-order valence-electron chi connectivity index (χ1n) is 6.71. The normalized spacial score (nSPS) is 23.2. The fourth-order valence-corrected chi connectivity index (χ4v) is 2.45. The minimum atomic E-state index is -0.264. The molecule has 0 aromatic carbocycles. The number of nitrogens with one attached hydrogen (secondary N) is 2. The standard InChI is InChI=1S/C13H21N3O2/c1-2-4-10-7-11(16-15-10)13(18)14-8-9-5-3-6-12(9)17/h7,9,12,17H,2-6,8H2,1H3,(H,14,18)(H,15,16). The topological polar surface area (TPSA) is 78.0 Å². The van der Waals surface area contributed by atoms with E-state index in [1.54, 1.807) is 6.07 Å². The number of carbonyl (C=O) groups is 1. The summed E-state index contributed by atoms with van der Waals surface area (Å²) < 4.78 is 0. The van der Waals surface area contributed by atoms with Gasteiger partial charge >= 0.3 is 0 Å². The van der Waals surface area contributed by atoms with E-state index >= 15 is 0 Å². The molecule has 1 amide bonds. The Kier molecular flexibility index (Phi) is 4.36. The number of hydrogen-bond donors (Lipinski definition) is 3. The van der Waals surface area contributed by atoms with Crippen molar-refractivity contribution in [3.05, 3.63) is 17.5 Å². The second-order valence-electron chi connectivity index (χ2n) is 5.00. The van der Waals surface area contributed by atoms with Crippen LogP contribution in [0.25, 0.3) is 0 Å². The molecule has 1 fully saturated rings. The fourth-order valence-electron chi connectivity index (χ4n) is 2.45. The van der Waals surface area contributed by atoms with Gasteiger partial charge in [0.05, 0.1) is 6.10 Å². The van der Waals surface area contributed by atoms with Gasteiger partial charge in [0.2, 0.25) is 0 Å². The first-order valence-corrected chi connectivity index (χ1v) is 6.71. The van der Waals surface area contributed by atoms with Crippen molar-refractivity contribution in [2.24, 2.45) is 5.92 Å². The van der Waals surface area contributed by atoms with Crippen LogP contribution in [-0.4, -0.2) is 33.9 Å². The second kappa shape index (κ2) is 6.00. The Balaban J connectivity index is 1.83. The highest BCUT2D eigenvalue weighted by atomic mass is 16.3. The van der Waals surface area contributed by atoms with Gasteiger partial charge < -0.3 is 10.4 Å². The molecular weight excluding hydrogens is 230 g/mol. The van der Waals surface area contributed by atoms with Crippen molar-refractivity contribution in [1.82, 2.24) is 15.5 Å². The molecule has 18 heavy (non-hydrogen) atoms. The van der Waals surface area contributed by atoms with Crippen molar-refractivity contribution >= 4 is 5.91 Å². The summed E-state index contributed by atoms with van der Waals surface area (Å²) in [5.74, 6) is 0.0377. The molecule has 3 N–H and O–H groups in total. The molecule has 0 spiro atoms. The van der Waals surface area contributed by atoms with E-state index in [9.17, 15) is 9.90 Å². The minimum absolute atomic E-state index is 0.160. The first kappa shape index (κ1) is 13.1. The minimum Gasteiger partial charge on any atom is -0.393 e. The van der Waals surface area contributed by atoms with Gasteiger partial charge in [-0.25, -0.2) is 0 Å². The van der Waals surface area contributed by atoms with Crippen molar-refractivity contribution in [2.45, 2.75) is 45.1 Å². The molecule has 0 aliphatic heterocycles. The number of hydrogen-bond acceptors (Lipinski definition) is 3. The Morgan fingerprint density at radius 2 is 2.44 bits per heavy atom. The molecule has 1 heterocycles. The van der Waals surface area contributed by atoms with Crippen LogP contribution in [0.5, 0.6) is 0 Å². The van der Waals surface area contributed by atoms with Gasteiger partial charge in [0.1, 0.15) is 5.69 Å². The SMILES string of the molecule is CCCc1cc(C(=O)NCC2CCCC2O)n[nH]1. The van der Waals surface area contributed by atoms with Crippen LogP contribution in [0.15, 0.2) is 6.07 Å². The largest absolute Gasteiger partial charge is 0.393 e. The molecule has 1 aromatic rings. The van der Waals surface area contributed by atoms with Crippen LogP contribution >= 0.6 is 0 Å². The maximum absolute atomic E-state index is 11.9. The summed E-state index contributed by atoms with van der Waals surface area (Å²) in [7, 11) is 0. The number of rotatable bonds is 5. The number of H-pyrrole nitrogens is 1. The van der Waals surface area contributed by atoms with Crippen molar-refractivity contribution in [2.75, 3.05) is 6.54 Å². The Bertz CT molecular complexity index is 403. The summed E-state index contributed by atoms with van der Waals surface area (Å²) in [5.41, 5.74) is 1.43. The molecular formula is C13H21N3O2. The molecule has 5 nitrogen and oxygen atoms in total. The van der Waals surface area contributed by atoms with Gasteiger partial charge in [-0.1, -0.05) is 19.8 Å². The molecule has 0 radical (unpaired) electrons. The zero-order valence-corrected chi connectivity index (χ0v) is 10.8. The number of nitrogens with zero attached hydrogens (tertiary/aromatic N) is 1. The molecule has 0 bridgehead atoms. The summed E-state index contributed by atoms with van der Waals surface area (Å²) in [4.78, 5) is 11.9. The van der Waals surface area contributed by atoms with E-state index in [1.807, 2.05) is 0 Å². The van der Waals surface area contributed by atoms with E-state index in [4.69, 9.17) is 0 Å². The third-order valence-electron chi connectivity index (χ3n) is 3.53. The van der Waals surface area contributed by atoms with Crippen LogP contribution < -0.4 is 5.32 Å². The molecule has 1 aromatic heterocycles. The van der Waals surface area contributed by atoms with Gasteiger partial charge in [0, 0.05) is 18.2 Å². The number of aromatic amines is 1. The summed E-state index contributed by atoms with van der Waals surface area (Å²) in [6.07, 6.45) is 4.55. The van der Waals surface area contributed by atoms with Gasteiger partial charge in [0.25, 0.3) is 5.91 Å². The summed E-state index contributed by atoms with van der Waals surface area (Å²) >= 11 is 0. The smallest absolute Gasteiger partial charge is 0.271 e. The predicted octanol–water partition coefficient (Wildman–Crippen LogP) is 1.25. The quantitative estimate of drug-likeness (QED) is 0.737. The lowest BCUT2D eigenvalue weighted by Crippen LogP contribution is -2.32. The highest BCUT2D eigenvalue weighted by Crippen LogP contribution is 2.24. The lowest BCUT2D eigenvalue weighted by Gasteiger charge is -2.14. The summed E-state index contributed by atoms with van der Waals surface area (Å²) in [6, 6.07) is 1.80. The van der Waals surface area contributed by atoms with Crippen LogP contribution in [0.2, 0.25) is 0 Å². The van der Waals surface area contributed by atoms with Crippen LogP contribution in [0.4, 0.5) is 0 Å². The zero-order valence-electron chi connectivity index (χ0n) is 10.8. The fraction of sp³-hybridized carbons (Fsp3) is 0.692. The van der Waals surface area contributed by atoms with E-state index < -0.39 is 0 Å². The molecule has 2 rings (SSSR count). The highest BCUT2D eigenvalue weighted by molar-refractivity contribution is 5.92. The Hall–Kier alpha value is -1.36. The van der Waals surface area contributed by atoms with E-state index in [2.05, 4.69) is 22.4 Å². The molecule has 100 valence electrons. The summed E-state index contributed by atoms with van der Waals surface area (Å²) in [6.45, 7) is 2.62. The Morgan fingerprint density at radius 3 is 3.11 bits per heavy atom. The monoisotopic (exact) mass is 251 g/mol. The van der Waals surface area contributed by atoms with Gasteiger partial charge in [-0.15, -0.1) is 0 Å². The lowest BCUT2D eigenvalue weighted by molar-refractivity contribution is 0.0912. The average molecular weight is 251 g/mol. The van der Waals surface area contributed by atoms with E-state index in [0.29, 0.717) is 12.2 Å².